The first-order chi connectivity index (χ1) is 6.26. The van der Waals surface area contributed by atoms with Gasteiger partial charge in [0.05, 0.1) is 7.11 Å². The minimum atomic E-state index is 0. The molecular formula is C11H18ClNO. The molecule has 2 N–H and O–H groups in total. The highest BCUT2D eigenvalue weighted by Gasteiger charge is 2.01. The summed E-state index contributed by atoms with van der Waals surface area (Å²) in [7, 11) is 1.68. The fourth-order valence-corrected chi connectivity index (χ4v) is 1.25. The van der Waals surface area contributed by atoms with Crippen LogP contribution in [0.2, 0.25) is 0 Å². The van der Waals surface area contributed by atoms with Gasteiger partial charge in [0.25, 0.3) is 0 Å². The normalized spacial score (nSPS) is 11.6. The summed E-state index contributed by atoms with van der Waals surface area (Å²) in [6, 6.07) is 8.32. The molecule has 0 bridgehead atoms. The highest BCUT2D eigenvalue weighted by molar-refractivity contribution is 5.85. The smallest absolute Gasteiger partial charge is 0.119 e. The van der Waals surface area contributed by atoms with Gasteiger partial charge in [-0.1, -0.05) is 19.1 Å². The maximum Gasteiger partial charge on any atom is 0.119 e. The van der Waals surface area contributed by atoms with E-state index < -0.39 is 0 Å². The van der Waals surface area contributed by atoms with Crippen molar-refractivity contribution in [2.75, 3.05) is 7.11 Å². The van der Waals surface area contributed by atoms with Crippen molar-refractivity contribution >= 4 is 12.4 Å². The molecule has 0 heterocycles. The molecule has 0 radical (unpaired) electrons. The highest BCUT2D eigenvalue weighted by Crippen LogP contribution is 2.13. The Morgan fingerprint density at radius 1 is 1.43 bits per heavy atom. The van der Waals surface area contributed by atoms with Gasteiger partial charge in [0.15, 0.2) is 0 Å². The van der Waals surface area contributed by atoms with Crippen LogP contribution in [0.15, 0.2) is 24.3 Å². The second-order valence-electron chi connectivity index (χ2n) is 3.22. The van der Waals surface area contributed by atoms with E-state index in [1.807, 2.05) is 18.2 Å². The van der Waals surface area contributed by atoms with Crippen molar-refractivity contribution in [3.05, 3.63) is 29.8 Å². The third-order valence-electron chi connectivity index (χ3n) is 2.16. The zero-order valence-corrected chi connectivity index (χ0v) is 9.51. The van der Waals surface area contributed by atoms with Crippen molar-refractivity contribution in [2.45, 2.75) is 25.8 Å². The zero-order chi connectivity index (χ0) is 9.68. The molecule has 1 aromatic carbocycles. The maximum atomic E-state index is 5.86. The first kappa shape index (κ1) is 13.3. The number of rotatable bonds is 4. The molecule has 1 atom stereocenters. The Bertz CT molecular complexity index is 265. The minimum absolute atomic E-state index is 0. The molecule has 0 aromatic heterocycles. The molecule has 0 aliphatic rings. The van der Waals surface area contributed by atoms with Crippen LogP contribution >= 0.6 is 12.4 Å². The fourth-order valence-electron chi connectivity index (χ4n) is 1.25. The predicted molar refractivity (Wildman–Crippen MR) is 62.2 cm³/mol. The number of halogens is 1. The quantitative estimate of drug-likeness (QED) is 0.837. The lowest BCUT2D eigenvalue weighted by Crippen LogP contribution is -2.21. The number of hydrogen-bond donors (Lipinski definition) is 1. The molecule has 0 amide bonds. The number of hydrogen-bond acceptors (Lipinski definition) is 2. The summed E-state index contributed by atoms with van der Waals surface area (Å²) < 4.78 is 5.13. The van der Waals surface area contributed by atoms with Crippen LogP contribution in [0.1, 0.15) is 18.9 Å². The lowest BCUT2D eigenvalue weighted by Gasteiger charge is -2.09. The third kappa shape index (κ3) is 3.99. The van der Waals surface area contributed by atoms with Gasteiger partial charge in [-0.3, -0.25) is 0 Å². The van der Waals surface area contributed by atoms with Crippen LogP contribution in [-0.4, -0.2) is 13.2 Å². The Morgan fingerprint density at radius 3 is 2.71 bits per heavy atom. The largest absolute Gasteiger partial charge is 0.497 e. The lowest BCUT2D eigenvalue weighted by atomic mass is 10.0. The van der Waals surface area contributed by atoms with Gasteiger partial charge in [-0.25, -0.2) is 0 Å². The first-order valence-electron chi connectivity index (χ1n) is 4.64. The van der Waals surface area contributed by atoms with E-state index in [9.17, 15) is 0 Å². The van der Waals surface area contributed by atoms with Crippen LogP contribution in [0.5, 0.6) is 5.75 Å². The van der Waals surface area contributed by atoms with E-state index in [0.29, 0.717) is 0 Å². The van der Waals surface area contributed by atoms with E-state index in [2.05, 4.69) is 13.0 Å². The molecular weight excluding hydrogens is 198 g/mol. The SMILES string of the molecule is CCC(N)Cc1cccc(OC)c1.Cl. The van der Waals surface area contributed by atoms with Gasteiger partial charge in [-0.05, 0) is 30.5 Å². The van der Waals surface area contributed by atoms with Crippen LogP contribution < -0.4 is 10.5 Å². The summed E-state index contributed by atoms with van der Waals surface area (Å²) in [5.41, 5.74) is 7.10. The Hall–Kier alpha value is -0.730. The van der Waals surface area contributed by atoms with Gasteiger partial charge >= 0.3 is 0 Å². The van der Waals surface area contributed by atoms with E-state index >= 15 is 0 Å². The number of methoxy groups -OCH3 is 1. The molecule has 3 heteroatoms. The van der Waals surface area contributed by atoms with E-state index in [-0.39, 0.29) is 18.4 Å². The average molecular weight is 216 g/mol. The van der Waals surface area contributed by atoms with Gasteiger partial charge in [0.2, 0.25) is 0 Å². The number of nitrogens with two attached hydrogens (primary N) is 1. The van der Waals surface area contributed by atoms with Gasteiger partial charge < -0.3 is 10.5 Å². The van der Waals surface area contributed by atoms with E-state index in [1.165, 1.54) is 5.56 Å². The fraction of sp³-hybridized carbons (Fsp3) is 0.455. The van der Waals surface area contributed by atoms with Gasteiger partial charge in [0, 0.05) is 6.04 Å². The summed E-state index contributed by atoms with van der Waals surface area (Å²) in [6.45, 7) is 2.10. The summed E-state index contributed by atoms with van der Waals surface area (Å²) in [5.74, 6) is 0.904. The van der Waals surface area contributed by atoms with Crippen molar-refractivity contribution in [1.82, 2.24) is 0 Å². The topological polar surface area (TPSA) is 35.2 Å². The average Bonchev–Trinajstić information content (AvgIpc) is 2.18. The molecule has 0 aliphatic carbocycles. The van der Waals surface area contributed by atoms with Crippen LogP contribution in [-0.2, 0) is 6.42 Å². The monoisotopic (exact) mass is 215 g/mol. The lowest BCUT2D eigenvalue weighted by molar-refractivity contribution is 0.414. The third-order valence-corrected chi connectivity index (χ3v) is 2.16. The maximum absolute atomic E-state index is 5.86. The molecule has 1 aromatic rings. The molecule has 14 heavy (non-hydrogen) atoms. The Morgan fingerprint density at radius 2 is 2.14 bits per heavy atom. The van der Waals surface area contributed by atoms with Crippen molar-refractivity contribution in [3.8, 4) is 5.75 Å². The molecule has 80 valence electrons. The molecule has 0 aliphatic heterocycles. The van der Waals surface area contributed by atoms with Gasteiger partial charge in [-0.15, -0.1) is 12.4 Å². The number of benzene rings is 1. The summed E-state index contributed by atoms with van der Waals surface area (Å²) in [4.78, 5) is 0. The van der Waals surface area contributed by atoms with Gasteiger partial charge in [-0.2, -0.15) is 0 Å². The Kier molecular flexibility index (Phi) is 6.34. The summed E-state index contributed by atoms with van der Waals surface area (Å²) in [6.07, 6.45) is 1.94. The molecule has 2 nitrogen and oxygen atoms in total. The van der Waals surface area contributed by atoms with E-state index in [1.54, 1.807) is 7.11 Å². The first-order valence-corrected chi connectivity index (χ1v) is 4.64. The van der Waals surface area contributed by atoms with Crippen LogP contribution in [0.25, 0.3) is 0 Å². The van der Waals surface area contributed by atoms with Crippen molar-refractivity contribution in [2.24, 2.45) is 5.73 Å². The van der Waals surface area contributed by atoms with Crippen molar-refractivity contribution in [3.63, 3.8) is 0 Å². The second kappa shape index (κ2) is 6.68. The minimum Gasteiger partial charge on any atom is -0.497 e. The second-order valence-corrected chi connectivity index (χ2v) is 3.22. The highest BCUT2D eigenvalue weighted by atomic mass is 35.5. The Labute approximate surface area is 91.9 Å². The van der Waals surface area contributed by atoms with Crippen molar-refractivity contribution in [1.29, 1.82) is 0 Å². The predicted octanol–water partition coefficient (Wildman–Crippen LogP) is 2.40. The molecule has 0 saturated carbocycles. The van der Waals surface area contributed by atoms with Crippen LogP contribution in [0.4, 0.5) is 0 Å². The molecule has 1 unspecified atom stereocenters. The molecule has 0 spiro atoms. The molecule has 1 rings (SSSR count). The van der Waals surface area contributed by atoms with Crippen LogP contribution in [0.3, 0.4) is 0 Å². The number of ether oxygens (including phenoxy) is 1. The van der Waals surface area contributed by atoms with Crippen molar-refractivity contribution < 1.29 is 4.74 Å². The molecule has 0 saturated heterocycles. The summed E-state index contributed by atoms with van der Waals surface area (Å²) in [5, 5.41) is 0. The van der Waals surface area contributed by atoms with Gasteiger partial charge in [0.1, 0.15) is 5.75 Å². The van der Waals surface area contributed by atoms with E-state index in [0.717, 1.165) is 18.6 Å². The zero-order valence-electron chi connectivity index (χ0n) is 8.69. The Balaban J connectivity index is 0.00000169. The van der Waals surface area contributed by atoms with Crippen LogP contribution in [0, 0.1) is 0 Å². The standard InChI is InChI=1S/C11H17NO.ClH/c1-3-10(12)7-9-5-4-6-11(8-9)13-2;/h4-6,8,10H,3,7,12H2,1-2H3;1H. The van der Waals surface area contributed by atoms with E-state index in [4.69, 9.17) is 10.5 Å². The molecule has 0 fully saturated rings. The summed E-state index contributed by atoms with van der Waals surface area (Å²) >= 11 is 0.